The van der Waals surface area contributed by atoms with Crippen LogP contribution in [0.5, 0.6) is 5.75 Å². The lowest BCUT2D eigenvalue weighted by Crippen LogP contribution is -2.39. The molecule has 1 aromatic carbocycles. The number of thiophene rings is 1. The molecule has 36 heavy (non-hydrogen) atoms. The van der Waals surface area contributed by atoms with Crippen molar-refractivity contribution in [3.63, 3.8) is 0 Å². The van der Waals surface area contributed by atoms with Crippen LogP contribution in [-0.4, -0.2) is 44.7 Å². The van der Waals surface area contributed by atoms with E-state index in [1.165, 1.54) is 16.2 Å². The number of allylic oxidation sites excluding steroid dienone is 2. The summed E-state index contributed by atoms with van der Waals surface area (Å²) in [6, 6.07) is 10.9. The highest BCUT2D eigenvalue weighted by atomic mass is 32.1. The molecule has 0 radical (unpaired) electrons. The van der Waals surface area contributed by atoms with Crippen LogP contribution in [0.1, 0.15) is 50.5 Å². The molecule has 0 saturated carbocycles. The fraction of sp³-hybridized carbons (Fsp3) is 0.448. The van der Waals surface area contributed by atoms with Crippen molar-refractivity contribution < 1.29 is 24.9 Å². The van der Waals surface area contributed by atoms with E-state index in [1.807, 2.05) is 56.5 Å². The van der Waals surface area contributed by atoms with E-state index in [4.69, 9.17) is 0 Å². The molecule has 0 unspecified atom stereocenters. The first-order valence-corrected chi connectivity index (χ1v) is 13.4. The number of rotatable bonds is 9. The predicted octanol–water partition coefficient (Wildman–Crippen LogP) is 4.76. The van der Waals surface area contributed by atoms with Crippen LogP contribution in [0.3, 0.4) is 0 Å². The molecule has 1 aliphatic carbocycles. The van der Waals surface area contributed by atoms with Gasteiger partial charge in [0.15, 0.2) is 0 Å². The fourth-order valence-corrected chi connectivity index (χ4v) is 6.38. The van der Waals surface area contributed by atoms with E-state index < -0.39 is 23.9 Å². The van der Waals surface area contributed by atoms with Crippen molar-refractivity contribution in [2.24, 2.45) is 23.7 Å². The molecule has 1 fully saturated rings. The summed E-state index contributed by atoms with van der Waals surface area (Å²) < 4.78 is 0. The molecule has 1 saturated heterocycles. The molecule has 4 atom stereocenters. The molecular formula is C29H35NO5S. The van der Waals surface area contributed by atoms with Gasteiger partial charge in [0, 0.05) is 16.4 Å². The Morgan fingerprint density at radius 3 is 2.56 bits per heavy atom. The van der Waals surface area contributed by atoms with Gasteiger partial charge in [0.2, 0.25) is 11.8 Å². The second-order valence-electron chi connectivity index (χ2n) is 10.2. The van der Waals surface area contributed by atoms with Crippen molar-refractivity contribution in [2.45, 2.75) is 52.7 Å². The summed E-state index contributed by atoms with van der Waals surface area (Å²) in [6.07, 6.45) is 2.53. The number of carbonyl (C=O) groups excluding carboxylic acids is 2. The van der Waals surface area contributed by atoms with E-state index in [2.05, 4.69) is 0 Å². The number of fused-ring (bicyclic) bond motifs is 1. The van der Waals surface area contributed by atoms with Crippen LogP contribution in [0.2, 0.25) is 0 Å². The van der Waals surface area contributed by atoms with Crippen LogP contribution >= 0.6 is 11.3 Å². The smallest absolute Gasteiger partial charge is 0.234 e. The average Bonchev–Trinajstić information content (AvgIpc) is 3.45. The van der Waals surface area contributed by atoms with Gasteiger partial charge in [-0.05, 0) is 55.2 Å². The van der Waals surface area contributed by atoms with Crippen molar-refractivity contribution in [1.82, 2.24) is 4.90 Å². The molecule has 6 nitrogen and oxygen atoms in total. The SMILES string of the molecule is C/C(=C\c1ccccc1O)CC[C@@H](O)C1=C(C(C)C)C[C@H]2C(=O)N(Cc3cccs3)C(=O)[C@H]2[C@H]1CO. The van der Waals surface area contributed by atoms with Crippen LogP contribution < -0.4 is 0 Å². The topological polar surface area (TPSA) is 98.1 Å². The van der Waals surface area contributed by atoms with Gasteiger partial charge < -0.3 is 15.3 Å². The number of aliphatic hydroxyl groups excluding tert-OH is 2. The van der Waals surface area contributed by atoms with Crippen molar-refractivity contribution in [3.05, 3.63) is 68.9 Å². The van der Waals surface area contributed by atoms with Gasteiger partial charge in [0.05, 0.1) is 31.1 Å². The summed E-state index contributed by atoms with van der Waals surface area (Å²) in [6.45, 7) is 5.99. The Bertz CT molecular complexity index is 1170. The van der Waals surface area contributed by atoms with Crippen molar-refractivity contribution in [2.75, 3.05) is 6.61 Å². The summed E-state index contributed by atoms with van der Waals surface area (Å²) in [5.41, 5.74) is 3.43. The van der Waals surface area contributed by atoms with Gasteiger partial charge in [-0.25, -0.2) is 0 Å². The lowest BCUT2D eigenvalue weighted by molar-refractivity contribution is -0.140. The highest BCUT2D eigenvalue weighted by molar-refractivity contribution is 7.09. The van der Waals surface area contributed by atoms with Crippen LogP contribution in [0.25, 0.3) is 6.08 Å². The second kappa shape index (κ2) is 11.1. The number of aromatic hydroxyl groups is 1. The molecule has 4 rings (SSSR count). The van der Waals surface area contributed by atoms with Gasteiger partial charge in [0.25, 0.3) is 0 Å². The zero-order chi connectivity index (χ0) is 26.0. The number of amides is 2. The number of nitrogens with zero attached hydrogens (tertiary/aromatic N) is 1. The summed E-state index contributed by atoms with van der Waals surface area (Å²) >= 11 is 1.51. The predicted molar refractivity (Wildman–Crippen MR) is 141 cm³/mol. The molecule has 1 aliphatic heterocycles. The first-order valence-electron chi connectivity index (χ1n) is 12.6. The average molecular weight is 510 g/mol. The maximum Gasteiger partial charge on any atom is 0.234 e. The van der Waals surface area contributed by atoms with E-state index in [0.717, 1.165) is 27.2 Å². The fourth-order valence-electron chi connectivity index (χ4n) is 5.69. The maximum atomic E-state index is 13.5. The normalized spacial score (nSPS) is 23.6. The number of hydrogen-bond acceptors (Lipinski definition) is 6. The van der Waals surface area contributed by atoms with Crippen LogP contribution in [-0.2, 0) is 16.1 Å². The third kappa shape index (κ3) is 5.19. The first kappa shape index (κ1) is 26.3. The third-order valence-electron chi connectivity index (χ3n) is 7.51. The number of aliphatic hydroxyl groups is 2. The van der Waals surface area contributed by atoms with Crippen molar-refractivity contribution in [3.8, 4) is 5.75 Å². The van der Waals surface area contributed by atoms with Gasteiger partial charge in [-0.3, -0.25) is 14.5 Å². The number of likely N-dealkylation sites (tertiary alicyclic amines) is 1. The lowest BCUT2D eigenvalue weighted by Gasteiger charge is -2.38. The monoisotopic (exact) mass is 509 g/mol. The summed E-state index contributed by atoms with van der Waals surface area (Å²) in [4.78, 5) is 29.1. The number of hydrogen-bond donors (Lipinski definition) is 3. The minimum atomic E-state index is -0.831. The number of para-hydroxylation sites is 1. The number of imide groups is 1. The molecule has 0 bridgehead atoms. The second-order valence-corrected chi connectivity index (χ2v) is 11.2. The number of phenolic OH excluding ortho intramolecular Hbond substituents is 1. The van der Waals surface area contributed by atoms with Crippen molar-refractivity contribution in [1.29, 1.82) is 0 Å². The molecule has 2 heterocycles. The number of carbonyl (C=O) groups is 2. The standard InChI is InChI=1S/C29H35NO5S/c1-17(2)21-14-22-27(29(35)30(28(22)34)15-20-8-6-12-36-20)23(16-31)26(21)25(33)11-10-18(3)13-19-7-4-5-9-24(19)32/h4-9,12-13,17,22-23,25,27,31-33H,10-11,14-16H2,1-3H3/b18-13+/t22-,23+,25-,27-/m1/s1. The Hall–Kier alpha value is -2.74. The summed E-state index contributed by atoms with van der Waals surface area (Å²) in [5, 5.41) is 33.8. The van der Waals surface area contributed by atoms with Crippen LogP contribution in [0, 0.1) is 23.7 Å². The van der Waals surface area contributed by atoms with E-state index in [-0.39, 0.29) is 36.6 Å². The lowest BCUT2D eigenvalue weighted by atomic mass is 9.66. The van der Waals surface area contributed by atoms with Gasteiger partial charge >= 0.3 is 0 Å². The molecule has 192 valence electrons. The van der Waals surface area contributed by atoms with Gasteiger partial charge in [-0.2, -0.15) is 0 Å². The molecule has 1 aromatic heterocycles. The molecular weight excluding hydrogens is 474 g/mol. The largest absolute Gasteiger partial charge is 0.507 e. The summed E-state index contributed by atoms with van der Waals surface area (Å²) in [5.74, 6) is -1.86. The minimum Gasteiger partial charge on any atom is -0.507 e. The molecule has 2 aliphatic rings. The Kier molecular flexibility index (Phi) is 8.13. The zero-order valence-electron chi connectivity index (χ0n) is 21.1. The minimum absolute atomic E-state index is 0.0804. The Morgan fingerprint density at radius 1 is 1.17 bits per heavy atom. The number of benzene rings is 1. The van der Waals surface area contributed by atoms with E-state index in [9.17, 15) is 24.9 Å². The number of phenols is 1. The van der Waals surface area contributed by atoms with E-state index in [1.54, 1.807) is 12.1 Å². The van der Waals surface area contributed by atoms with E-state index in [0.29, 0.717) is 19.3 Å². The maximum absolute atomic E-state index is 13.5. The molecule has 2 aromatic rings. The zero-order valence-corrected chi connectivity index (χ0v) is 21.9. The van der Waals surface area contributed by atoms with Crippen molar-refractivity contribution >= 4 is 29.2 Å². The third-order valence-corrected chi connectivity index (χ3v) is 8.37. The van der Waals surface area contributed by atoms with Gasteiger partial charge in [-0.15, -0.1) is 11.3 Å². The molecule has 7 heteroatoms. The highest BCUT2D eigenvalue weighted by Gasteiger charge is 2.55. The quantitative estimate of drug-likeness (QED) is 0.334. The van der Waals surface area contributed by atoms with Gasteiger partial charge in [-0.1, -0.05) is 55.3 Å². The van der Waals surface area contributed by atoms with Crippen LogP contribution in [0.15, 0.2) is 58.5 Å². The highest BCUT2D eigenvalue weighted by Crippen LogP contribution is 2.48. The summed E-state index contributed by atoms with van der Waals surface area (Å²) in [7, 11) is 0. The molecule has 3 N–H and O–H groups in total. The van der Waals surface area contributed by atoms with Crippen LogP contribution in [0.4, 0.5) is 0 Å². The first-order chi connectivity index (χ1) is 17.2. The molecule has 2 amide bonds. The Morgan fingerprint density at radius 2 is 1.92 bits per heavy atom. The van der Waals surface area contributed by atoms with Gasteiger partial charge in [0.1, 0.15) is 5.75 Å². The molecule has 0 spiro atoms. The Balaban J connectivity index is 1.57. The Labute approximate surface area is 216 Å². The van der Waals surface area contributed by atoms with E-state index >= 15 is 0 Å².